The summed E-state index contributed by atoms with van der Waals surface area (Å²) in [5.41, 5.74) is 1.00. The second kappa shape index (κ2) is 6.50. The third-order valence-electron chi connectivity index (χ3n) is 3.48. The van der Waals surface area contributed by atoms with Gasteiger partial charge in [-0.3, -0.25) is 0 Å². The topological polar surface area (TPSA) is 12.0 Å². The lowest BCUT2D eigenvalue weighted by Crippen LogP contribution is -2.24. The van der Waals surface area contributed by atoms with Crippen molar-refractivity contribution in [3.63, 3.8) is 0 Å². The molecule has 0 aromatic heterocycles. The van der Waals surface area contributed by atoms with Crippen molar-refractivity contribution in [1.29, 1.82) is 0 Å². The molecule has 0 aliphatic heterocycles. The molecule has 0 atom stereocenters. The molecule has 0 radical (unpaired) electrons. The summed E-state index contributed by atoms with van der Waals surface area (Å²) in [6.07, 6.45) is 6.83. The van der Waals surface area contributed by atoms with Gasteiger partial charge in [0, 0.05) is 11.0 Å². The predicted molar refractivity (Wildman–Crippen MR) is 72.4 cm³/mol. The number of hydrogen-bond donors (Lipinski definition) is 1. The third kappa shape index (κ3) is 4.07. The van der Waals surface area contributed by atoms with Crippen LogP contribution in [0.25, 0.3) is 0 Å². The Morgan fingerprint density at radius 1 is 1.24 bits per heavy atom. The maximum atomic E-state index is 13.1. The van der Waals surface area contributed by atoms with E-state index in [0.717, 1.165) is 29.0 Å². The largest absolute Gasteiger partial charge is 0.312 e. The van der Waals surface area contributed by atoms with Gasteiger partial charge < -0.3 is 5.32 Å². The fourth-order valence-electron chi connectivity index (χ4n) is 2.48. The van der Waals surface area contributed by atoms with Crippen LogP contribution >= 0.6 is 15.9 Å². The smallest absolute Gasteiger partial charge is 0.123 e. The highest BCUT2D eigenvalue weighted by Gasteiger charge is 2.12. The minimum atomic E-state index is -0.164. The van der Waals surface area contributed by atoms with Gasteiger partial charge in [-0.05, 0) is 49.1 Å². The van der Waals surface area contributed by atoms with E-state index in [4.69, 9.17) is 0 Å². The molecule has 0 spiro atoms. The molecule has 94 valence electrons. The Kier molecular flexibility index (Phi) is 4.99. The highest BCUT2D eigenvalue weighted by atomic mass is 79.9. The molecular formula is C14H19BrFN. The Bertz CT molecular complexity index is 361. The van der Waals surface area contributed by atoms with Crippen molar-refractivity contribution in [1.82, 2.24) is 5.32 Å². The molecule has 1 aliphatic carbocycles. The van der Waals surface area contributed by atoms with Crippen LogP contribution in [0.15, 0.2) is 22.7 Å². The lowest BCUT2D eigenvalue weighted by atomic mass is 9.89. The van der Waals surface area contributed by atoms with E-state index in [-0.39, 0.29) is 5.82 Å². The average molecular weight is 300 g/mol. The van der Waals surface area contributed by atoms with Gasteiger partial charge in [-0.1, -0.05) is 35.2 Å². The molecule has 3 heteroatoms. The zero-order valence-corrected chi connectivity index (χ0v) is 11.6. The van der Waals surface area contributed by atoms with Crippen LogP contribution in [0.5, 0.6) is 0 Å². The SMILES string of the molecule is Fc1ccc(Br)c(CNCC2CCCCC2)c1. The summed E-state index contributed by atoms with van der Waals surface area (Å²) in [6.45, 7) is 1.80. The van der Waals surface area contributed by atoms with Gasteiger partial charge in [-0.25, -0.2) is 4.39 Å². The summed E-state index contributed by atoms with van der Waals surface area (Å²) in [4.78, 5) is 0. The van der Waals surface area contributed by atoms with Crippen LogP contribution in [0, 0.1) is 11.7 Å². The minimum absolute atomic E-state index is 0.164. The molecule has 17 heavy (non-hydrogen) atoms. The molecule has 0 amide bonds. The van der Waals surface area contributed by atoms with E-state index in [1.807, 2.05) is 0 Å². The summed E-state index contributed by atoms with van der Waals surface area (Å²) in [7, 11) is 0. The quantitative estimate of drug-likeness (QED) is 0.876. The van der Waals surface area contributed by atoms with Gasteiger partial charge in [0.15, 0.2) is 0 Å². The van der Waals surface area contributed by atoms with Crippen LogP contribution in [0.2, 0.25) is 0 Å². The number of nitrogens with one attached hydrogen (secondary N) is 1. The van der Waals surface area contributed by atoms with Crippen LogP contribution in [-0.4, -0.2) is 6.54 Å². The molecule has 0 saturated heterocycles. The molecule has 1 aliphatic rings. The number of benzene rings is 1. The monoisotopic (exact) mass is 299 g/mol. The van der Waals surface area contributed by atoms with E-state index in [2.05, 4.69) is 21.2 Å². The fraction of sp³-hybridized carbons (Fsp3) is 0.571. The zero-order valence-electron chi connectivity index (χ0n) is 10.0. The number of hydrogen-bond acceptors (Lipinski definition) is 1. The van der Waals surface area contributed by atoms with Crippen molar-refractivity contribution in [3.05, 3.63) is 34.1 Å². The number of halogens is 2. The van der Waals surface area contributed by atoms with Gasteiger partial charge >= 0.3 is 0 Å². The summed E-state index contributed by atoms with van der Waals surface area (Å²) < 4.78 is 14.1. The zero-order chi connectivity index (χ0) is 12.1. The Balaban J connectivity index is 1.79. The highest BCUT2D eigenvalue weighted by Crippen LogP contribution is 2.23. The maximum absolute atomic E-state index is 13.1. The van der Waals surface area contributed by atoms with Crippen LogP contribution < -0.4 is 5.32 Å². The molecule has 0 unspecified atom stereocenters. The van der Waals surface area contributed by atoms with Crippen LogP contribution in [0.3, 0.4) is 0 Å². The van der Waals surface area contributed by atoms with Crippen molar-refractivity contribution in [3.8, 4) is 0 Å². The summed E-state index contributed by atoms with van der Waals surface area (Å²) in [6, 6.07) is 4.85. The summed E-state index contributed by atoms with van der Waals surface area (Å²) in [5, 5.41) is 3.44. The summed E-state index contributed by atoms with van der Waals surface area (Å²) in [5.74, 6) is 0.652. The van der Waals surface area contributed by atoms with Gasteiger partial charge in [0.05, 0.1) is 0 Å². The lowest BCUT2D eigenvalue weighted by Gasteiger charge is -2.21. The molecule has 0 bridgehead atoms. The Labute approximate surface area is 111 Å². The average Bonchev–Trinajstić information content (AvgIpc) is 2.35. The van der Waals surface area contributed by atoms with Gasteiger partial charge in [-0.2, -0.15) is 0 Å². The molecule has 1 saturated carbocycles. The van der Waals surface area contributed by atoms with E-state index in [9.17, 15) is 4.39 Å². The first-order valence-corrected chi connectivity index (χ1v) is 7.19. The van der Waals surface area contributed by atoms with Crippen molar-refractivity contribution in [2.75, 3.05) is 6.54 Å². The first-order chi connectivity index (χ1) is 8.25. The fourth-order valence-corrected chi connectivity index (χ4v) is 2.87. The van der Waals surface area contributed by atoms with Crippen LogP contribution in [0.1, 0.15) is 37.7 Å². The van der Waals surface area contributed by atoms with Crippen LogP contribution in [-0.2, 0) is 6.54 Å². The van der Waals surface area contributed by atoms with Gasteiger partial charge in [0.2, 0.25) is 0 Å². The first kappa shape index (κ1) is 13.0. The first-order valence-electron chi connectivity index (χ1n) is 6.40. The molecule has 1 nitrogen and oxygen atoms in total. The predicted octanol–water partition coefficient (Wildman–Crippen LogP) is 4.26. The van der Waals surface area contributed by atoms with Crippen molar-refractivity contribution >= 4 is 15.9 Å². The Hall–Kier alpha value is -0.410. The molecular weight excluding hydrogens is 281 g/mol. The van der Waals surface area contributed by atoms with Crippen molar-refractivity contribution < 1.29 is 4.39 Å². The third-order valence-corrected chi connectivity index (χ3v) is 4.25. The molecule has 1 aromatic carbocycles. The van der Waals surface area contributed by atoms with Gasteiger partial charge in [-0.15, -0.1) is 0 Å². The van der Waals surface area contributed by atoms with E-state index < -0.39 is 0 Å². The molecule has 0 heterocycles. The Morgan fingerprint density at radius 2 is 2.00 bits per heavy atom. The van der Waals surface area contributed by atoms with E-state index in [0.29, 0.717) is 0 Å². The minimum Gasteiger partial charge on any atom is -0.312 e. The second-order valence-corrected chi connectivity index (χ2v) is 5.73. The van der Waals surface area contributed by atoms with E-state index >= 15 is 0 Å². The second-order valence-electron chi connectivity index (χ2n) is 4.87. The summed E-state index contributed by atoms with van der Waals surface area (Å²) >= 11 is 3.45. The van der Waals surface area contributed by atoms with Crippen molar-refractivity contribution in [2.45, 2.75) is 38.6 Å². The van der Waals surface area contributed by atoms with Gasteiger partial charge in [0.25, 0.3) is 0 Å². The molecule has 1 aromatic rings. The van der Waals surface area contributed by atoms with Crippen molar-refractivity contribution in [2.24, 2.45) is 5.92 Å². The molecule has 2 rings (SSSR count). The molecule has 1 fully saturated rings. The van der Waals surface area contributed by atoms with Gasteiger partial charge in [0.1, 0.15) is 5.82 Å². The molecule has 1 N–H and O–H groups in total. The lowest BCUT2D eigenvalue weighted by molar-refractivity contribution is 0.342. The normalized spacial score (nSPS) is 17.3. The standard InChI is InChI=1S/C14H19BrFN/c15-14-7-6-13(16)8-12(14)10-17-9-11-4-2-1-3-5-11/h6-8,11,17H,1-5,9-10H2. The maximum Gasteiger partial charge on any atom is 0.123 e. The highest BCUT2D eigenvalue weighted by molar-refractivity contribution is 9.10. The van der Waals surface area contributed by atoms with Crippen LogP contribution in [0.4, 0.5) is 4.39 Å². The number of rotatable bonds is 4. The Morgan fingerprint density at radius 3 is 2.76 bits per heavy atom. The van der Waals surface area contributed by atoms with E-state index in [1.54, 1.807) is 12.1 Å². The van der Waals surface area contributed by atoms with E-state index in [1.165, 1.54) is 38.2 Å².